The molecule has 0 unspecified atom stereocenters. The van der Waals surface area contributed by atoms with Crippen LogP contribution >= 0.6 is 0 Å². The molecule has 3 nitrogen and oxygen atoms in total. The lowest BCUT2D eigenvalue weighted by Gasteiger charge is -2.24. The zero-order valence-electron chi connectivity index (χ0n) is 13.6. The molecule has 0 aliphatic carbocycles. The third kappa shape index (κ3) is 2.44. The molecule has 1 aliphatic heterocycles. The highest BCUT2D eigenvalue weighted by Crippen LogP contribution is 2.38. The molecule has 0 bridgehead atoms. The monoisotopic (exact) mass is 313 g/mol. The number of aryl methyl sites for hydroxylation is 1. The van der Waals surface area contributed by atoms with Gasteiger partial charge in [0.2, 0.25) is 0 Å². The second kappa shape index (κ2) is 5.85. The second-order valence-corrected chi connectivity index (χ2v) is 6.05. The first-order chi connectivity index (χ1) is 11.7. The number of benzene rings is 3. The number of anilines is 2. The summed E-state index contributed by atoms with van der Waals surface area (Å²) in [6, 6.07) is 22.5. The van der Waals surface area contributed by atoms with Crippen LogP contribution in [-0.2, 0) is 6.54 Å². The minimum atomic E-state index is 0.416. The van der Waals surface area contributed by atoms with Crippen molar-refractivity contribution in [3.8, 4) is 11.1 Å². The van der Waals surface area contributed by atoms with Crippen molar-refractivity contribution >= 4 is 17.2 Å². The number of rotatable bonds is 2. The topological polar surface area (TPSA) is 47.9 Å². The molecular formula is C21H19N3. The summed E-state index contributed by atoms with van der Waals surface area (Å²) in [6.07, 6.45) is 0. The zero-order chi connectivity index (χ0) is 16.5. The van der Waals surface area contributed by atoms with Crippen LogP contribution in [0.1, 0.15) is 16.7 Å². The maximum absolute atomic E-state index is 8.61. The fourth-order valence-electron chi connectivity index (χ4n) is 3.22. The van der Waals surface area contributed by atoms with Crippen LogP contribution in [0.25, 0.3) is 11.1 Å². The summed E-state index contributed by atoms with van der Waals surface area (Å²) >= 11 is 0. The number of hydrogen-bond acceptors (Lipinski definition) is 2. The van der Waals surface area contributed by atoms with E-state index in [0.717, 1.165) is 34.6 Å². The van der Waals surface area contributed by atoms with Gasteiger partial charge in [0.1, 0.15) is 5.84 Å². The minimum absolute atomic E-state index is 0.416. The molecule has 4 rings (SSSR count). The molecule has 0 saturated carbocycles. The molecule has 0 radical (unpaired) electrons. The van der Waals surface area contributed by atoms with E-state index >= 15 is 0 Å². The number of para-hydroxylation sites is 1. The summed E-state index contributed by atoms with van der Waals surface area (Å²) in [4.78, 5) is 0. The van der Waals surface area contributed by atoms with Gasteiger partial charge in [0, 0.05) is 29.0 Å². The molecular weight excluding hydrogens is 294 g/mol. The third-order valence-corrected chi connectivity index (χ3v) is 4.49. The molecule has 1 aliphatic rings. The molecule has 3 N–H and O–H groups in total. The summed E-state index contributed by atoms with van der Waals surface area (Å²) in [5.74, 6) is 0.416. The van der Waals surface area contributed by atoms with Crippen LogP contribution < -0.4 is 10.6 Å². The van der Waals surface area contributed by atoms with Crippen molar-refractivity contribution in [3.63, 3.8) is 0 Å². The lowest BCUT2D eigenvalue weighted by molar-refractivity contribution is 1.13. The van der Waals surface area contributed by atoms with Crippen molar-refractivity contribution in [1.82, 2.24) is 0 Å². The van der Waals surface area contributed by atoms with Crippen LogP contribution in [0, 0.1) is 12.3 Å². The highest BCUT2D eigenvalue weighted by molar-refractivity contribution is 6.12. The van der Waals surface area contributed by atoms with Gasteiger partial charge >= 0.3 is 0 Å². The molecule has 118 valence electrons. The van der Waals surface area contributed by atoms with Gasteiger partial charge in [-0.3, -0.25) is 5.41 Å². The van der Waals surface area contributed by atoms with Crippen molar-refractivity contribution in [2.45, 2.75) is 13.5 Å². The Balaban J connectivity index is 1.78. The Morgan fingerprint density at radius 3 is 2.62 bits per heavy atom. The number of hydrogen-bond donors (Lipinski definition) is 3. The lowest BCUT2D eigenvalue weighted by Crippen LogP contribution is -2.17. The molecule has 3 heteroatoms. The van der Waals surface area contributed by atoms with Crippen LogP contribution in [0.5, 0.6) is 0 Å². The van der Waals surface area contributed by atoms with E-state index in [2.05, 4.69) is 41.0 Å². The summed E-state index contributed by atoms with van der Waals surface area (Å²) < 4.78 is 0. The van der Waals surface area contributed by atoms with Gasteiger partial charge in [0.15, 0.2) is 0 Å². The van der Waals surface area contributed by atoms with Crippen molar-refractivity contribution < 1.29 is 0 Å². The van der Waals surface area contributed by atoms with E-state index in [1.807, 2.05) is 43.3 Å². The average Bonchev–Trinajstić information content (AvgIpc) is 2.63. The van der Waals surface area contributed by atoms with E-state index in [-0.39, 0.29) is 0 Å². The Hall–Kier alpha value is -3.07. The van der Waals surface area contributed by atoms with E-state index < -0.39 is 0 Å². The zero-order valence-corrected chi connectivity index (χ0v) is 13.6. The minimum Gasteiger partial charge on any atom is -0.380 e. The van der Waals surface area contributed by atoms with Crippen LogP contribution in [-0.4, -0.2) is 5.84 Å². The molecule has 0 amide bonds. The number of fused-ring (bicyclic) bond motifs is 3. The standard InChI is InChI=1S/C21H19N3/c1-14-7-2-5-11-18(14)24-21(22)17-10-6-12-19-20(17)16-9-4-3-8-15(16)13-23-19/h2-12,23H,13H2,1H3,(H2,22,24). The highest BCUT2D eigenvalue weighted by Gasteiger charge is 2.20. The Bertz CT molecular complexity index is 928. The first-order valence-electron chi connectivity index (χ1n) is 8.11. The fourth-order valence-corrected chi connectivity index (χ4v) is 3.22. The largest absolute Gasteiger partial charge is 0.380 e. The van der Waals surface area contributed by atoms with Gasteiger partial charge in [0.25, 0.3) is 0 Å². The molecule has 0 atom stereocenters. The normalized spacial score (nSPS) is 11.9. The molecule has 24 heavy (non-hydrogen) atoms. The van der Waals surface area contributed by atoms with Crippen molar-refractivity contribution in [3.05, 3.63) is 83.4 Å². The van der Waals surface area contributed by atoms with Crippen molar-refractivity contribution in [2.24, 2.45) is 0 Å². The van der Waals surface area contributed by atoms with E-state index in [1.54, 1.807) is 0 Å². The maximum Gasteiger partial charge on any atom is 0.130 e. The number of nitrogens with one attached hydrogen (secondary N) is 3. The van der Waals surface area contributed by atoms with E-state index in [0.29, 0.717) is 5.84 Å². The second-order valence-electron chi connectivity index (χ2n) is 6.05. The Kier molecular flexibility index (Phi) is 3.54. The van der Waals surface area contributed by atoms with Gasteiger partial charge in [-0.05, 0) is 35.7 Å². The molecule has 0 spiro atoms. The van der Waals surface area contributed by atoms with Gasteiger partial charge < -0.3 is 10.6 Å². The fraction of sp³-hybridized carbons (Fsp3) is 0.0952. The molecule has 1 heterocycles. The predicted octanol–water partition coefficient (Wildman–Crippen LogP) is 5.02. The van der Waals surface area contributed by atoms with E-state index in [1.165, 1.54) is 11.1 Å². The summed E-state index contributed by atoms with van der Waals surface area (Å²) in [5, 5.41) is 15.3. The van der Waals surface area contributed by atoms with Gasteiger partial charge in [-0.25, -0.2) is 0 Å². The molecule has 0 fully saturated rings. The van der Waals surface area contributed by atoms with Gasteiger partial charge in [-0.1, -0.05) is 54.6 Å². The SMILES string of the molecule is Cc1ccccc1NC(=N)c1cccc2c1-c1ccccc1CN2. The lowest BCUT2D eigenvalue weighted by atomic mass is 9.90. The van der Waals surface area contributed by atoms with Gasteiger partial charge in [0.05, 0.1) is 0 Å². The van der Waals surface area contributed by atoms with Gasteiger partial charge in [-0.15, -0.1) is 0 Å². The smallest absolute Gasteiger partial charge is 0.130 e. The predicted molar refractivity (Wildman–Crippen MR) is 101 cm³/mol. The summed E-state index contributed by atoms with van der Waals surface area (Å²) in [6.45, 7) is 2.87. The first kappa shape index (κ1) is 14.5. The van der Waals surface area contributed by atoms with Crippen molar-refractivity contribution in [2.75, 3.05) is 10.6 Å². The van der Waals surface area contributed by atoms with Crippen LogP contribution in [0.3, 0.4) is 0 Å². The Labute approximate surface area is 141 Å². The van der Waals surface area contributed by atoms with Gasteiger partial charge in [-0.2, -0.15) is 0 Å². The molecule has 0 aromatic heterocycles. The quantitative estimate of drug-likeness (QED) is 0.459. The maximum atomic E-state index is 8.61. The van der Waals surface area contributed by atoms with Crippen molar-refractivity contribution in [1.29, 1.82) is 5.41 Å². The van der Waals surface area contributed by atoms with E-state index in [9.17, 15) is 0 Å². The highest BCUT2D eigenvalue weighted by atomic mass is 14.9. The Morgan fingerprint density at radius 2 is 1.75 bits per heavy atom. The average molecular weight is 313 g/mol. The third-order valence-electron chi connectivity index (χ3n) is 4.49. The molecule has 3 aromatic carbocycles. The summed E-state index contributed by atoms with van der Waals surface area (Å²) in [5.41, 5.74) is 7.67. The summed E-state index contributed by atoms with van der Waals surface area (Å²) in [7, 11) is 0. The van der Waals surface area contributed by atoms with E-state index in [4.69, 9.17) is 5.41 Å². The van der Waals surface area contributed by atoms with Crippen LogP contribution in [0.15, 0.2) is 66.7 Å². The Morgan fingerprint density at radius 1 is 0.958 bits per heavy atom. The first-order valence-corrected chi connectivity index (χ1v) is 8.11. The van der Waals surface area contributed by atoms with Crippen LogP contribution in [0.4, 0.5) is 11.4 Å². The van der Waals surface area contributed by atoms with Crippen LogP contribution in [0.2, 0.25) is 0 Å². The number of amidine groups is 1. The molecule has 3 aromatic rings. The molecule has 0 saturated heterocycles.